The van der Waals surface area contributed by atoms with Crippen LogP contribution in [0.2, 0.25) is 0 Å². The molecule has 0 saturated carbocycles. The topological polar surface area (TPSA) is 98.8 Å². The van der Waals surface area contributed by atoms with Gasteiger partial charge < -0.3 is 23.8 Å². The maximum atomic E-state index is 13.0. The van der Waals surface area contributed by atoms with Crippen LogP contribution in [-0.4, -0.2) is 60.5 Å². The highest BCUT2D eigenvalue weighted by atomic mass is 16.5. The second-order valence-electron chi connectivity index (χ2n) is 8.25. The van der Waals surface area contributed by atoms with E-state index >= 15 is 0 Å². The van der Waals surface area contributed by atoms with Crippen LogP contribution in [0.1, 0.15) is 21.5 Å². The molecule has 0 aliphatic carbocycles. The van der Waals surface area contributed by atoms with Gasteiger partial charge in [0.05, 0.1) is 45.3 Å². The average Bonchev–Trinajstić information content (AvgIpc) is 3.33. The number of nitrogens with zero attached hydrogens (tertiary/aromatic N) is 3. The van der Waals surface area contributed by atoms with Gasteiger partial charge in [0.1, 0.15) is 23.6 Å². The summed E-state index contributed by atoms with van der Waals surface area (Å²) in [6.45, 7) is 3.19. The maximum absolute atomic E-state index is 13.0. The van der Waals surface area contributed by atoms with Crippen LogP contribution in [0.4, 0.5) is 0 Å². The van der Waals surface area contributed by atoms with Gasteiger partial charge in [0.25, 0.3) is 5.91 Å². The number of aromatic amines is 1. The highest BCUT2D eigenvalue weighted by Crippen LogP contribution is 2.40. The maximum Gasteiger partial charge on any atom is 0.257 e. The zero-order chi connectivity index (χ0) is 24.5. The first-order chi connectivity index (χ1) is 17.0. The fraction of sp³-hybridized carbons (Fsp3) is 0.269. The lowest BCUT2D eigenvalue weighted by atomic mass is 10.0. The smallest absolute Gasteiger partial charge is 0.257 e. The number of H-pyrrole nitrogens is 1. The Morgan fingerprint density at radius 2 is 1.83 bits per heavy atom. The molecule has 1 N–H and O–H groups in total. The molecule has 180 valence electrons. The summed E-state index contributed by atoms with van der Waals surface area (Å²) >= 11 is 0. The quantitative estimate of drug-likeness (QED) is 0.467. The normalized spacial score (nSPS) is 13.1. The van der Waals surface area contributed by atoms with Gasteiger partial charge in [0.15, 0.2) is 11.5 Å². The molecular weight excluding hydrogens is 448 g/mol. The van der Waals surface area contributed by atoms with E-state index in [2.05, 4.69) is 10.2 Å². The third-order valence-electron chi connectivity index (χ3n) is 6.17. The van der Waals surface area contributed by atoms with Gasteiger partial charge in [0, 0.05) is 29.3 Å². The lowest BCUT2D eigenvalue weighted by molar-refractivity contribution is 0.0733. The van der Waals surface area contributed by atoms with Gasteiger partial charge in [-0.15, -0.1) is 0 Å². The van der Waals surface area contributed by atoms with E-state index in [0.29, 0.717) is 48.0 Å². The van der Waals surface area contributed by atoms with E-state index in [1.165, 1.54) is 6.20 Å². The largest absolute Gasteiger partial charge is 0.496 e. The van der Waals surface area contributed by atoms with Gasteiger partial charge in [-0.05, 0) is 42.8 Å². The van der Waals surface area contributed by atoms with Crippen molar-refractivity contribution in [3.05, 3.63) is 59.4 Å². The molecule has 0 saturated heterocycles. The second kappa shape index (κ2) is 9.17. The number of nitrogens with one attached hydrogen (secondary N) is 1. The summed E-state index contributed by atoms with van der Waals surface area (Å²) in [6, 6.07) is 9.65. The van der Waals surface area contributed by atoms with E-state index < -0.39 is 0 Å². The van der Waals surface area contributed by atoms with Crippen LogP contribution in [0.5, 0.6) is 23.0 Å². The Morgan fingerprint density at radius 3 is 2.54 bits per heavy atom. The van der Waals surface area contributed by atoms with Gasteiger partial charge >= 0.3 is 0 Å². The summed E-state index contributed by atoms with van der Waals surface area (Å²) in [7, 11) is 4.87. The van der Waals surface area contributed by atoms with Crippen LogP contribution in [-0.2, 0) is 6.54 Å². The number of hydrogen-bond acceptors (Lipinski definition) is 7. The van der Waals surface area contributed by atoms with Crippen LogP contribution in [0.3, 0.4) is 0 Å². The first-order valence-electron chi connectivity index (χ1n) is 11.2. The third-order valence-corrected chi connectivity index (χ3v) is 6.17. The Labute approximate surface area is 202 Å². The van der Waals surface area contributed by atoms with Crippen molar-refractivity contribution in [3.63, 3.8) is 0 Å². The Kier molecular flexibility index (Phi) is 5.90. The Bertz CT molecular complexity index is 1400. The molecule has 0 unspecified atom stereocenters. The number of carbonyl (C=O) groups excluding carboxylic acids is 1. The third kappa shape index (κ3) is 3.99. The monoisotopic (exact) mass is 474 g/mol. The van der Waals surface area contributed by atoms with E-state index in [-0.39, 0.29) is 5.91 Å². The number of hydrogen-bond donors (Lipinski definition) is 1. The van der Waals surface area contributed by atoms with Crippen molar-refractivity contribution in [1.29, 1.82) is 0 Å². The highest BCUT2D eigenvalue weighted by molar-refractivity contribution is 5.95. The molecule has 0 fully saturated rings. The number of ether oxygens (including phenoxy) is 4. The highest BCUT2D eigenvalue weighted by Gasteiger charge is 2.25. The summed E-state index contributed by atoms with van der Waals surface area (Å²) in [4.78, 5) is 19.7. The van der Waals surface area contributed by atoms with Crippen LogP contribution < -0.4 is 18.9 Å². The van der Waals surface area contributed by atoms with E-state index in [1.54, 1.807) is 32.4 Å². The number of methoxy groups -OCH3 is 3. The molecular formula is C26H26N4O5. The van der Waals surface area contributed by atoms with Gasteiger partial charge in [-0.3, -0.25) is 9.89 Å². The molecule has 1 aliphatic heterocycles. The number of aromatic nitrogens is 3. The number of aryl methyl sites for hydroxylation is 1. The lowest BCUT2D eigenvalue weighted by Crippen LogP contribution is -2.32. The predicted octanol–water partition coefficient (Wildman–Crippen LogP) is 3.99. The minimum atomic E-state index is -0.115. The van der Waals surface area contributed by atoms with Gasteiger partial charge in [-0.25, -0.2) is 4.98 Å². The van der Waals surface area contributed by atoms with Gasteiger partial charge in [-0.2, -0.15) is 5.10 Å². The molecule has 9 nitrogen and oxygen atoms in total. The molecule has 5 rings (SSSR count). The van der Waals surface area contributed by atoms with E-state index in [9.17, 15) is 4.79 Å². The minimum absolute atomic E-state index is 0.115. The van der Waals surface area contributed by atoms with E-state index in [1.807, 2.05) is 37.3 Å². The standard InChI is InChI=1S/C26H26N4O5/c1-15-9-19(29-24-21(33-3)6-5-20(32-2)23(15)24)16-10-17-14-30(26(31)18-12-27-28-13-18)7-8-35-25(17)22(11-16)34-4/h5-6,9-13H,7-8,14H2,1-4H3,(H,27,28). The van der Waals surface area contributed by atoms with Crippen LogP contribution in [0.25, 0.3) is 22.2 Å². The number of rotatable bonds is 5. The van der Waals surface area contributed by atoms with Crippen molar-refractivity contribution >= 4 is 16.8 Å². The summed E-state index contributed by atoms with van der Waals surface area (Å²) in [5.41, 5.74) is 4.65. The van der Waals surface area contributed by atoms with E-state index in [0.717, 1.165) is 33.5 Å². The van der Waals surface area contributed by atoms with Crippen molar-refractivity contribution in [3.8, 4) is 34.3 Å². The molecule has 4 aromatic rings. The van der Waals surface area contributed by atoms with Crippen LogP contribution >= 0.6 is 0 Å². The first-order valence-corrected chi connectivity index (χ1v) is 11.2. The molecule has 9 heteroatoms. The van der Waals surface area contributed by atoms with Gasteiger partial charge in [0.2, 0.25) is 0 Å². The molecule has 3 heterocycles. The average molecular weight is 475 g/mol. The molecule has 2 aromatic heterocycles. The van der Waals surface area contributed by atoms with Crippen LogP contribution in [0, 0.1) is 6.92 Å². The molecule has 0 spiro atoms. The zero-order valence-corrected chi connectivity index (χ0v) is 20.0. The fourth-order valence-corrected chi connectivity index (χ4v) is 4.47. The summed E-state index contributed by atoms with van der Waals surface area (Å²) in [6.07, 6.45) is 3.12. The van der Waals surface area contributed by atoms with Crippen molar-refractivity contribution in [2.75, 3.05) is 34.5 Å². The minimum Gasteiger partial charge on any atom is -0.496 e. The molecule has 2 aromatic carbocycles. The van der Waals surface area contributed by atoms with E-state index in [4.69, 9.17) is 23.9 Å². The number of carbonyl (C=O) groups is 1. The van der Waals surface area contributed by atoms with Crippen molar-refractivity contribution in [1.82, 2.24) is 20.1 Å². The number of fused-ring (bicyclic) bond motifs is 2. The summed E-state index contributed by atoms with van der Waals surface area (Å²) < 4.78 is 22.9. The fourth-order valence-electron chi connectivity index (χ4n) is 4.47. The first kappa shape index (κ1) is 22.5. The molecule has 1 amide bonds. The number of benzene rings is 2. The van der Waals surface area contributed by atoms with Crippen molar-refractivity contribution in [2.45, 2.75) is 13.5 Å². The summed E-state index contributed by atoms with van der Waals surface area (Å²) in [5.74, 6) is 2.50. The van der Waals surface area contributed by atoms with Crippen molar-refractivity contribution in [2.24, 2.45) is 0 Å². The lowest BCUT2D eigenvalue weighted by Gasteiger charge is -2.19. The predicted molar refractivity (Wildman–Crippen MR) is 130 cm³/mol. The van der Waals surface area contributed by atoms with Gasteiger partial charge in [-0.1, -0.05) is 0 Å². The van der Waals surface area contributed by atoms with Crippen LogP contribution in [0.15, 0.2) is 42.7 Å². The zero-order valence-electron chi connectivity index (χ0n) is 20.0. The SMILES string of the molecule is COc1cc(-c2cc(C)c3c(OC)ccc(OC)c3n2)cc2c1OCCN(C(=O)c1cn[nH]c1)C2. The molecule has 0 bridgehead atoms. The summed E-state index contributed by atoms with van der Waals surface area (Å²) in [5, 5.41) is 7.49. The Morgan fingerprint density at radius 1 is 1.06 bits per heavy atom. The molecule has 0 atom stereocenters. The van der Waals surface area contributed by atoms with Crippen molar-refractivity contribution < 1.29 is 23.7 Å². The second-order valence-corrected chi connectivity index (χ2v) is 8.25. The number of amides is 1. The molecule has 0 radical (unpaired) electrons. The molecule has 1 aliphatic rings. The molecule has 35 heavy (non-hydrogen) atoms. The Hall–Kier alpha value is -4.27. The Balaban J connectivity index is 1.62. The number of pyridine rings is 1.